The summed E-state index contributed by atoms with van der Waals surface area (Å²) in [5, 5.41) is 30.9. The number of aliphatic hydroxyl groups is 2. The summed E-state index contributed by atoms with van der Waals surface area (Å²) in [5.74, 6) is 1.85. The van der Waals surface area contributed by atoms with Crippen LogP contribution in [-0.4, -0.2) is 31.3 Å². The topological polar surface area (TPSA) is 71.2 Å². The maximum absolute atomic E-state index is 12.0. The molecule has 3 fully saturated rings. The first kappa shape index (κ1) is 19.7. The lowest BCUT2D eigenvalue weighted by Crippen LogP contribution is -2.53. The first-order valence-corrected chi connectivity index (χ1v) is 11.8. The molecule has 0 aromatic carbocycles. The van der Waals surface area contributed by atoms with Crippen LogP contribution < -0.4 is 0 Å². The molecule has 0 saturated heterocycles. The molecule has 5 heteroatoms. The normalized spacial score (nSPS) is 46.6. The molecule has 1 heterocycles. The number of allylic oxidation sites excluding steroid dienone is 1. The van der Waals surface area contributed by atoms with Gasteiger partial charge in [-0.3, -0.25) is 4.68 Å². The largest absolute Gasteiger partial charge is 0.393 e. The molecule has 4 aliphatic rings. The molecule has 5 nitrogen and oxygen atoms in total. The van der Waals surface area contributed by atoms with Crippen LogP contribution in [0.1, 0.15) is 84.3 Å². The Morgan fingerprint density at radius 1 is 1.14 bits per heavy atom. The quantitative estimate of drug-likeness (QED) is 0.747. The second-order valence-electron chi connectivity index (χ2n) is 10.9. The standard InChI is InChI=1S/C24H37N3O2/c1-4-13-27-15-21(25-26-27)24(29)12-9-20-18-6-5-16-14-17(28)7-10-22(16,2)19(18)8-11-23(20,24)3/h5,15,17-20,28-29H,4,6-14H2,1-3H3/t17-,18?,19?,20?,22-,23-,24+/m0/s1. The minimum Gasteiger partial charge on any atom is -0.393 e. The lowest BCUT2D eigenvalue weighted by Gasteiger charge is -2.58. The van der Waals surface area contributed by atoms with Crippen molar-refractivity contribution in [2.45, 2.75) is 96.8 Å². The predicted molar refractivity (Wildman–Crippen MR) is 112 cm³/mol. The molecular weight excluding hydrogens is 362 g/mol. The van der Waals surface area contributed by atoms with E-state index in [4.69, 9.17) is 0 Å². The highest BCUT2D eigenvalue weighted by atomic mass is 16.3. The molecule has 3 saturated carbocycles. The number of hydrogen-bond donors (Lipinski definition) is 2. The van der Waals surface area contributed by atoms with Gasteiger partial charge in [0.1, 0.15) is 11.3 Å². The molecule has 29 heavy (non-hydrogen) atoms. The van der Waals surface area contributed by atoms with E-state index in [1.807, 2.05) is 10.9 Å². The van der Waals surface area contributed by atoms with Crippen LogP contribution in [-0.2, 0) is 12.1 Å². The Hall–Kier alpha value is -1.20. The molecule has 1 aromatic heterocycles. The van der Waals surface area contributed by atoms with E-state index in [0.717, 1.165) is 63.6 Å². The average Bonchev–Trinajstić information content (AvgIpc) is 3.26. The van der Waals surface area contributed by atoms with Crippen molar-refractivity contribution in [3.8, 4) is 0 Å². The number of hydrogen-bond acceptors (Lipinski definition) is 4. The van der Waals surface area contributed by atoms with Crippen molar-refractivity contribution in [1.29, 1.82) is 0 Å². The molecular formula is C24H37N3O2. The number of nitrogens with zero attached hydrogens (tertiary/aromatic N) is 3. The fraction of sp³-hybridized carbons (Fsp3) is 0.833. The third-order valence-electron chi connectivity index (χ3n) is 9.64. The summed E-state index contributed by atoms with van der Waals surface area (Å²) in [4.78, 5) is 0. The van der Waals surface area contributed by atoms with Crippen LogP contribution in [0.25, 0.3) is 0 Å². The Morgan fingerprint density at radius 2 is 1.93 bits per heavy atom. The molecule has 0 aliphatic heterocycles. The van der Waals surface area contributed by atoms with Gasteiger partial charge in [0, 0.05) is 12.0 Å². The monoisotopic (exact) mass is 399 g/mol. The van der Waals surface area contributed by atoms with Crippen LogP contribution >= 0.6 is 0 Å². The second-order valence-corrected chi connectivity index (χ2v) is 10.9. The molecule has 160 valence electrons. The molecule has 5 rings (SSSR count). The van der Waals surface area contributed by atoms with E-state index in [2.05, 4.69) is 37.2 Å². The summed E-state index contributed by atoms with van der Waals surface area (Å²) < 4.78 is 1.89. The zero-order valence-corrected chi connectivity index (χ0v) is 18.3. The molecule has 0 bridgehead atoms. The maximum atomic E-state index is 12.0. The van der Waals surface area contributed by atoms with E-state index < -0.39 is 5.60 Å². The van der Waals surface area contributed by atoms with Gasteiger partial charge in [0.15, 0.2) is 0 Å². The minimum atomic E-state index is -0.859. The smallest absolute Gasteiger partial charge is 0.116 e. The van der Waals surface area contributed by atoms with Gasteiger partial charge in [0.25, 0.3) is 0 Å². The summed E-state index contributed by atoms with van der Waals surface area (Å²) in [7, 11) is 0. The second kappa shape index (κ2) is 6.65. The van der Waals surface area contributed by atoms with Gasteiger partial charge in [-0.15, -0.1) is 5.10 Å². The van der Waals surface area contributed by atoms with Crippen LogP contribution in [0.2, 0.25) is 0 Å². The van der Waals surface area contributed by atoms with Crippen LogP contribution in [0.5, 0.6) is 0 Å². The van der Waals surface area contributed by atoms with Gasteiger partial charge < -0.3 is 10.2 Å². The van der Waals surface area contributed by atoms with Crippen molar-refractivity contribution in [3.05, 3.63) is 23.5 Å². The highest BCUT2D eigenvalue weighted by Gasteiger charge is 2.65. The predicted octanol–water partition coefficient (Wildman–Crippen LogP) is 4.20. The molecule has 2 N–H and O–H groups in total. The van der Waals surface area contributed by atoms with Crippen molar-refractivity contribution >= 4 is 0 Å². The van der Waals surface area contributed by atoms with Crippen molar-refractivity contribution < 1.29 is 10.2 Å². The number of aromatic nitrogens is 3. The number of rotatable bonds is 3. The first-order chi connectivity index (χ1) is 13.8. The van der Waals surface area contributed by atoms with Gasteiger partial charge in [-0.1, -0.05) is 37.6 Å². The Balaban J connectivity index is 1.46. The minimum absolute atomic E-state index is 0.128. The van der Waals surface area contributed by atoms with E-state index in [0.29, 0.717) is 17.8 Å². The molecule has 0 radical (unpaired) electrons. The van der Waals surface area contributed by atoms with Gasteiger partial charge in [-0.2, -0.15) is 0 Å². The zero-order valence-electron chi connectivity index (χ0n) is 18.3. The van der Waals surface area contributed by atoms with E-state index in [-0.39, 0.29) is 16.9 Å². The lowest BCUT2D eigenvalue weighted by molar-refractivity contribution is -0.131. The Morgan fingerprint density at radius 3 is 2.72 bits per heavy atom. The molecule has 0 amide bonds. The zero-order chi connectivity index (χ0) is 20.4. The van der Waals surface area contributed by atoms with E-state index in [9.17, 15) is 10.2 Å². The average molecular weight is 400 g/mol. The third kappa shape index (κ3) is 2.65. The molecule has 1 aromatic rings. The van der Waals surface area contributed by atoms with Crippen molar-refractivity contribution in [2.24, 2.45) is 28.6 Å². The van der Waals surface area contributed by atoms with Gasteiger partial charge >= 0.3 is 0 Å². The summed E-state index contributed by atoms with van der Waals surface area (Å²) in [6.45, 7) is 7.78. The van der Waals surface area contributed by atoms with Crippen molar-refractivity contribution in [1.82, 2.24) is 15.0 Å². The van der Waals surface area contributed by atoms with Crippen LogP contribution in [0, 0.1) is 28.6 Å². The van der Waals surface area contributed by atoms with Crippen LogP contribution in [0.3, 0.4) is 0 Å². The summed E-state index contributed by atoms with van der Waals surface area (Å²) in [6.07, 6.45) is 13.5. The number of fused-ring (bicyclic) bond motifs is 5. The van der Waals surface area contributed by atoms with E-state index in [1.54, 1.807) is 0 Å². The third-order valence-corrected chi connectivity index (χ3v) is 9.64. The highest BCUT2D eigenvalue weighted by Crippen LogP contribution is 2.68. The highest BCUT2D eigenvalue weighted by molar-refractivity contribution is 5.27. The summed E-state index contributed by atoms with van der Waals surface area (Å²) >= 11 is 0. The first-order valence-electron chi connectivity index (χ1n) is 11.8. The Bertz CT molecular complexity index is 819. The Kier molecular flexibility index (Phi) is 4.53. The van der Waals surface area contributed by atoms with Crippen molar-refractivity contribution in [2.75, 3.05) is 0 Å². The molecule has 4 aliphatic carbocycles. The lowest BCUT2D eigenvalue weighted by atomic mass is 9.47. The van der Waals surface area contributed by atoms with E-state index in [1.165, 1.54) is 12.0 Å². The van der Waals surface area contributed by atoms with Gasteiger partial charge in [0.2, 0.25) is 0 Å². The fourth-order valence-electron chi connectivity index (χ4n) is 7.90. The van der Waals surface area contributed by atoms with Crippen LogP contribution in [0.4, 0.5) is 0 Å². The number of aryl methyl sites for hydroxylation is 1. The van der Waals surface area contributed by atoms with E-state index >= 15 is 0 Å². The van der Waals surface area contributed by atoms with Gasteiger partial charge in [-0.05, 0) is 81.0 Å². The van der Waals surface area contributed by atoms with Gasteiger partial charge in [-0.25, -0.2) is 0 Å². The summed E-state index contributed by atoms with van der Waals surface area (Å²) in [5.41, 5.74) is 1.55. The molecule has 3 unspecified atom stereocenters. The maximum Gasteiger partial charge on any atom is 0.116 e. The SMILES string of the molecule is CCCn1cc([C@]2(O)CCC3C4CC=C5C[C@@H](O)CC[C@]5(C)C4CC[C@@]32C)nn1. The molecule has 0 spiro atoms. The molecule has 7 atom stereocenters. The van der Waals surface area contributed by atoms with Crippen molar-refractivity contribution in [3.63, 3.8) is 0 Å². The van der Waals surface area contributed by atoms with Crippen LogP contribution in [0.15, 0.2) is 17.8 Å². The Labute approximate surface area is 174 Å². The fourth-order valence-corrected chi connectivity index (χ4v) is 7.90. The number of aliphatic hydroxyl groups excluding tert-OH is 1. The summed E-state index contributed by atoms with van der Waals surface area (Å²) in [6, 6.07) is 0. The van der Waals surface area contributed by atoms with Gasteiger partial charge in [0.05, 0.1) is 12.3 Å².